The average Bonchev–Trinajstić information content (AvgIpc) is 3.22. The van der Waals surface area contributed by atoms with Crippen molar-refractivity contribution in [2.24, 2.45) is 5.92 Å². The lowest BCUT2D eigenvalue weighted by atomic mass is 9.93. The van der Waals surface area contributed by atoms with Crippen LogP contribution in [0, 0.1) is 5.92 Å². The number of carboxylic acid groups (broad SMARTS) is 1. The molecule has 4 rings (SSSR count). The van der Waals surface area contributed by atoms with Gasteiger partial charge in [-0.05, 0) is 50.4 Å². The Morgan fingerprint density at radius 1 is 1.32 bits per heavy atom. The summed E-state index contributed by atoms with van der Waals surface area (Å²) in [7, 11) is 0. The van der Waals surface area contributed by atoms with E-state index in [0.717, 1.165) is 32.5 Å². The fourth-order valence-corrected chi connectivity index (χ4v) is 4.27. The first-order valence-electron chi connectivity index (χ1n) is 9.53. The molecule has 0 spiro atoms. The van der Waals surface area contributed by atoms with Gasteiger partial charge >= 0.3 is 12.1 Å². The Bertz CT molecular complexity index is 892. The first kappa shape index (κ1) is 19.0. The molecule has 2 aromatic heterocycles. The predicted molar refractivity (Wildman–Crippen MR) is 94.1 cm³/mol. The van der Waals surface area contributed by atoms with E-state index in [0.29, 0.717) is 24.4 Å². The van der Waals surface area contributed by atoms with Crippen molar-refractivity contribution in [1.82, 2.24) is 14.7 Å². The highest BCUT2D eigenvalue weighted by Gasteiger charge is 2.45. The highest BCUT2D eigenvalue weighted by molar-refractivity contribution is 5.90. The number of alkyl halides is 3. The Hall–Kier alpha value is -2.29. The van der Waals surface area contributed by atoms with Gasteiger partial charge in [-0.15, -0.1) is 0 Å². The maximum absolute atomic E-state index is 13.6. The second-order valence-corrected chi connectivity index (χ2v) is 7.51. The van der Waals surface area contributed by atoms with Gasteiger partial charge in [-0.25, -0.2) is 4.79 Å². The van der Waals surface area contributed by atoms with E-state index in [1.807, 2.05) is 0 Å². The molecule has 28 heavy (non-hydrogen) atoms. The number of aromatic carboxylic acids is 1. The van der Waals surface area contributed by atoms with E-state index >= 15 is 0 Å². The summed E-state index contributed by atoms with van der Waals surface area (Å²) in [5.41, 5.74) is -0.513. The van der Waals surface area contributed by atoms with Gasteiger partial charge in [0.2, 0.25) is 5.76 Å². The lowest BCUT2D eigenvalue weighted by Crippen LogP contribution is -2.34. The summed E-state index contributed by atoms with van der Waals surface area (Å²) in [6.07, 6.45) is -0.230. The normalized spacial score (nSPS) is 18.1. The standard InChI is InChI=1S/C19H22F3N3O3/c1-2-24-7-5-11(6-8-24)9-25-10-12-3-4-13-14(16(12)23-25)15(19(20,21)22)17(28-13)18(26)27/h10-11H,2-9H2,1H3,(H,26,27). The molecule has 1 fully saturated rings. The summed E-state index contributed by atoms with van der Waals surface area (Å²) in [6, 6.07) is 0. The molecule has 6 nitrogen and oxygen atoms in total. The molecule has 0 atom stereocenters. The second-order valence-electron chi connectivity index (χ2n) is 7.51. The fourth-order valence-electron chi connectivity index (χ4n) is 4.27. The van der Waals surface area contributed by atoms with E-state index in [9.17, 15) is 18.0 Å². The number of piperidine rings is 1. The predicted octanol–water partition coefficient (Wildman–Crippen LogP) is 3.69. The number of likely N-dealkylation sites (tertiary alicyclic amines) is 1. The topological polar surface area (TPSA) is 71.5 Å². The maximum Gasteiger partial charge on any atom is 0.421 e. The second kappa shape index (κ2) is 6.95. The zero-order valence-corrected chi connectivity index (χ0v) is 15.6. The lowest BCUT2D eigenvalue weighted by Gasteiger charge is -2.30. The van der Waals surface area contributed by atoms with Crippen LogP contribution in [-0.4, -0.2) is 45.4 Å². The van der Waals surface area contributed by atoms with E-state index in [2.05, 4.69) is 16.9 Å². The maximum atomic E-state index is 13.6. The molecule has 3 heterocycles. The number of carboxylic acids is 1. The highest BCUT2D eigenvalue weighted by atomic mass is 19.4. The smallest absolute Gasteiger partial charge is 0.421 e. The molecule has 0 saturated carbocycles. The summed E-state index contributed by atoms with van der Waals surface area (Å²) >= 11 is 0. The molecule has 1 saturated heterocycles. The number of nitrogens with zero attached hydrogens (tertiary/aromatic N) is 3. The molecule has 2 aliphatic rings. The van der Waals surface area contributed by atoms with Gasteiger partial charge < -0.3 is 14.4 Å². The van der Waals surface area contributed by atoms with Gasteiger partial charge in [-0.1, -0.05) is 6.92 Å². The van der Waals surface area contributed by atoms with E-state index in [1.54, 1.807) is 10.9 Å². The van der Waals surface area contributed by atoms with Gasteiger partial charge in [0.15, 0.2) is 0 Å². The zero-order chi connectivity index (χ0) is 20.1. The van der Waals surface area contributed by atoms with Crippen LogP contribution in [0.1, 0.15) is 47.2 Å². The number of fused-ring (bicyclic) bond motifs is 3. The average molecular weight is 397 g/mol. The third-order valence-corrected chi connectivity index (χ3v) is 5.75. The van der Waals surface area contributed by atoms with Crippen molar-refractivity contribution in [3.63, 3.8) is 0 Å². The van der Waals surface area contributed by atoms with Crippen LogP contribution in [0.5, 0.6) is 0 Å². The van der Waals surface area contributed by atoms with Crippen LogP contribution in [-0.2, 0) is 25.6 Å². The van der Waals surface area contributed by atoms with Crippen LogP contribution < -0.4 is 0 Å². The van der Waals surface area contributed by atoms with Gasteiger partial charge in [0.05, 0.1) is 11.3 Å². The number of hydrogen-bond acceptors (Lipinski definition) is 4. The van der Waals surface area contributed by atoms with Crippen LogP contribution in [0.3, 0.4) is 0 Å². The molecule has 9 heteroatoms. The van der Waals surface area contributed by atoms with Gasteiger partial charge in [-0.3, -0.25) is 4.68 Å². The Morgan fingerprint density at radius 3 is 2.64 bits per heavy atom. The largest absolute Gasteiger partial charge is 0.475 e. The summed E-state index contributed by atoms with van der Waals surface area (Å²) in [5, 5.41) is 13.6. The van der Waals surface area contributed by atoms with E-state index in [1.165, 1.54) is 0 Å². The van der Waals surface area contributed by atoms with Crippen molar-refractivity contribution in [1.29, 1.82) is 0 Å². The Labute approximate surface area is 159 Å². The fraction of sp³-hybridized carbons (Fsp3) is 0.579. The first-order chi connectivity index (χ1) is 13.3. The number of hydrogen-bond donors (Lipinski definition) is 1. The first-order valence-corrected chi connectivity index (χ1v) is 9.53. The summed E-state index contributed by atoms with van der Waals surface area (Å²) in [4.78, 5) is 13.7. The van der Waals surface area contributed by atoms with E-state index in [-0.39, 0.29) is 23.4 Å². The summed E-state index contributed by atoms with van der Waals surface area (Å²) < 4.78 is 47.6. The van der Waals surface area contributed by atoms with Gasteiger partial charge in [0, 0.05) is 19.2 Å². The van der Waals surface area contributed by atoms with Crippen LogP contribution >= 0.6 is 0 Å². The molecule has 1 N–H and O–H groups in total. The molecular weight excluding hydrogens is 375 g/mol. The minimum Gasteiger partial charge on any atom is -0.475 e. The molecule has 0 aromatic carbocycles. The molecule has 0 amide bonds. The van der Waals surface area contributed by atoms with Crippen molar-refractivity contribution >= 4 is 5.97 Å². The lowest BCUT2D eigenvalue weighted by molar-refractivity contribution is -0.138. The molecule has 152 valence electrons. The minimum atomic E-state index is -4.82. The Morgan fingerprint density at radius 2 is 2.04 bits per heavy atom. The highest BCUT2D eigenvalue weighted by Crippen LogP contribution is 2.46. The number of aromatic nitrogens is 2. The molecule has 2 aromatic rings. The zero-order valence-electron chi connectivity index (χ0n) is 15.6. The quantitative estimate of drug-likeness (QED) is 0.852. The molecule has 1 aliphatic carbocycles. The van der Waals surface area contributed by atoms with Crippen molar-refractivity contribution in [2.75, 3.05) is 19.6 Å². The van der Waals surface area contributed by atoms with Gasteiger partial charge in [0.25, 0.3) is 0 Å². The number of aryl methyl sites for hydroxylation is 2. The van der Waals surface area contributed by atoms with Gasteiger partial charge in [0.1, 0.15) is 11.3 Å². The van der Waals surface area contributed by atoms with Crippen LogP contribution in [0.2, 0.25) is 0 Å². The molecular formula is C19H22F3N3O3. The summed E-state index contributed by atoms with van der Waals surface area (Å²) in [6.45, 7) is 5.86. The number of furan rings is 1. The van der Waals surface area contributed by atoms with Crippen molar-refractivity contribution in [3.05, 3.63) is 28.8 Å². The van der Waals surface area contributed by atoms with E-state index < -0.39 is 23.5 Å². The van der Waals surface area contributed by atoms with Crippen LogP contribution in [0.15, 0.2) is 10.6 Å². The molecule has 0 radical (unpaired) electrons. The Balaban J connectivity index is 1.66. The van der Waals surface area contributed by atoms with Crippen molar-refractivity contribution < 1.29 is 27.5 Å². The van der Waals surface area contributed by atoms with Crippen molar-refractivity contribution in [2.45, 2.75) is 45.3 Å². The van der Waals surface area contributed by atoms with E-state index in [4.69, 9.17) is 9.52 Å². The van der Waals surface area contributed by atoms with Crippen LogP contribution in [0.4, 0.5) is 13.2 Å². The van der Waals surface area contributed by atoms with Crippen LogP contribution in [0.25, 0.3) is 11.3 Å². The molecule has 0 unspecified atom stereocenters. The number of halogens is 3. The Kier molecular flexibility index (Phi) is 4.73. The van der Waals surface area contributed by atoms with Gasteiger partial charge in [-0.2, -0.15) is 18.3 Å². The minimum absolute atomic E-state index is 0.0544. The SMILES string of the molecule is CCN1CCC(Cn2cc3c(n2)-c2c(oc(C(=O)O)c2C(F)(F)F)CC3)CC1. The number of rotatable bonds is 4. The third kappa shape index (κ3) is 3.32. The molecule has 1 aliphatic heterocycles. The number of carbonyl (C=O) groups is 1. The molecule has 0 bridgehead atoms. The van der Waals surface area contributed by atoms with Crippen molar-refractivity contribution in [3.8, 4) is 11.3 Å². The summed E-state index contributed by atoms with van der Waals surface area (Å²) in [5.74, 6) is -2.28. The third-order valence-electron chi connectivity index (χ3n) is 5.75. The monoisotopic (exact) mass is 397 g/mol.